The van der Waals surface area contributed by atoms with Crippen LogP contribution in [0.15, 0.2) is 36.4 Å². The molecule has 0 saturated carbocycles. The van der Waals surface area contributed by atoms with E-state index in [2.05, 4.69) is 5.32 Å². The monoisotopic (exact) mass is 341 g/mol. The average molecular weight is 341 g/mol. The number of carbonyl (C=O) groups is 1. The molecule has 1 atom stereocenters. The molecule has 130 valence electrons. The number of hydrazine groups is 1. The van der Waals surface area contributed by atoms with Crippen LogP contribution in [-0.2, 0) is 9.53 Å². The summed E-state index contributed by atoms with van der Waals surface area (Å²) < 4.78 is 18.4. The second kappa shape index (κ2) is 7.04. The van der Waals surface area contributed by atoms with Gasteiger partial charge >= 0.3 is 0 Å². The molecule has 1 aliphatic rings. The molecule has 0 spiro atoms. The van der Waals surface area contributed by atoms with E-state index in [0.29, 0.717) is 0 Å². The van der Waals surface area contributed by atoms with Gasteiger partial charge in [0.05, 0.1) is 0 Å². The summed E-state index contributed by atoms with van der Waals surface area (Å²) in [6.07, 6.45) is 3.22. The third kappa shape index (κ3) is 3.55. The number of amides is 1. The van der Waals surface area contributed by atoms with Crippen LogP contribution in [0, 0.1) is 12.7 Å². The molecule has 0 bridgehead atoms. The number of nitrogens with one attached hydrogen (secondary N) is 1. The third-order valence-electron chi connectivity index (χ3n) is 4.20. The zero-order valence-electron chi connectivity index (χ0n) is 14.1. The van der Waals surface area contributed by atoms with E-state index >= 15 is 0 Å². The predicted molar refractivity (Wildman–Crippen MR) is 94.6 cm³/mol. The number of carbonyl (C=O) groups excluding carboxylic acids is 1. The smallest absolute Gasteiger partial charge is 0.264 e. The van der Waals surface area contributed by atoms with Gasteiger partial charge in [0.25, 0.3) is 5.91 Å². The molecule has 0 aliphatic carbocycles. The van der Waals surface area contributed by atoms with E-state index in [4.69, 9.17) is 10.6 Å². The molecule has 0 saturated heterocycles. The minimum Gasteiger partial charge on any atom is -0.375 e. The SMILES string of the molecule is COCC(=O)N(N)C1C=c2ccc(-c3cc(F)ccc3C)cc2=CN1. The van der Waals surface area contributed by atoms with Crippen LogP contribution in [0.1, 0.15) is 5.56 Å². The number of methoxy groups -OCH3 is 1. The number of ether oxygens (including phenoxy) is 1. The first-order valence-electron chi connectivity index (χ1n) is 7.90. The van der Waals surface area contributed by atoms with Gasteiger partial charge in [0.15, 0.2) is 0 Å². The summed E-state index contributed by atoms with van der Waals surface area (Å²) in [6.45, 7) is 1.87. The highest BCUT2D eigenvalue weighted by Crippen LogP contribution is 2.22. The molecule has 1 heterocycles. The quantitative estimate of drug-likeness (QED) is 0.485. The summed E-state index contributed by atoms with van der Waals surface area (Å²) in [5, 5.41) is 6.09. The predicted octanol–water partition coefficient (Wildman–Crippen LogP) is 0.598. The largest absolute Gasteiger partial charge is 0.375 e. The maximum absolute atomic E-state index is 13.6. The normalized spacial score (nSPS) is 15.4. The van der Waals surface area contributed by atoms with Gasteiger partial charge in [0.1, 0.15) is 18.6 Å². The van der Waals surface area contributed by atoms with E-state index < -0.39 is 6.17 Å². The van der Waals surface area contributed by atoms with Gasteiger partial charge in [-0.2, -0.15) is 0 Å². The van der Waals surface area contributed by atoms with Crippen LogP contribution in [0.25, 0.3) is 23.4 Å². The van der Waals surface area contributed by atoms with E-state index in [0.717, 1.165) is 32.1 Å². The van der Waals surface area contributed by atoms with Crippen molar-refractivity contribution >= 4 is 18.2 Å². The van der Waals surface area contributed by atoms with E-state index in [1.807, 2.05) is 31.2 Å². The number of hydrogen-bond donors (Lipinski definition) is 2. The lowest BCUT2D eigenvalue weighted by Gasteiger charge is -2.26. The summed E-state index contributed by atoms with van der Waals surface area (Å²) in [7, 11) is 1.45. The molecule has 1 amide bonds. The zero-order chi connectivity index (χ0) is 18.0. The van der Waals surface area contributed by atoms with Gasteiger partial charge < -0.3 is 10.1 Å². The molecule has 0 fully saturated rings. The van der Waals surface area contributed by atoms with Crippen molar-refractivity contribution in [2.75, 3.05) is 13.7 Å². The molecule has 2 aromatic carbocycles. The molecule has 1 aliphatic heterocycles. The van der Waals surface area contributed by atoms with Crippen LogP contribution in [-0.4, -0.2) is 30.8 Å². The highest BCUT2D eigenvalue weighted by atomic mass is 19.1. The third-order valence-corrected chi connectivity index (χ3v) is 4.20. The van der Waals surface area contributed by atoms with Crippen LogP contribution >= 0.6 is 0 Å². The van der Waals surface area contributed by atoms with Crippen LogP contribution < -0.4 is 21.6 Å². The van der Waals surface area contributed by atoms with Gasteiger partial charge in [-0.05, 0) is 58.3 Å². The molecular weight excluding hydrogens is 321 g/mol. The Bertz CT molecular complexity index is 927. The standard InChI is InChI=1S/C19H20FN3O2/c1-12-3-6-16(20)9-17(12)14-5-4-13-8-18(22-10-15(13)7-14)23(21)19(24)11-25-2/h3-10,18,22H,11,21H2,1-2H3. The minimum atomic E-state index is -0.447. The van der Waals surface area contributed by atoms with Crippen molar-refractivity contribution in [3.8, 4) is 11.1 Å². The highest BCUT2D eigenvalue weighted by Gasteiger charge is 2.19. The molecule has 1 unspecified atom stereocenters. The molecule has 0 radical (unpaired) electrons. The summed E-state index contributed by atoms with van der Waals surface area (Å²) in [5.41, 5.74) is 2.79. The van der Waals surface area contributed by atoms with E-state index in [1.165, 1.54) is 19.2 Å². The lowest BCUT2D eigenvalue weighted by Crippen LogP contribution is -2.54. The van der Waals surface area contributed by atoms with Gasteiger partial charge in [-0.1, -0.05) is 18.2 Å². The van der Waals surface area contributed by atoms with Gasteiger partial charge in [-0.15, -0.1) is 0 Å². The lowest BCUT2D eigenvalue weighted by atomic mass is 9.99. The number of nitrogens with zero attached hydrogens (tertiary/aromatic N) is 1. The lowest BCUT2D eigenvalue weighted by molar-refractivity contribution is -0.136. The van der Waals surface area contributed by atoms with Crippen molar-refractivity contribution < 1.29 is 13.9 Å². The van der Waals surface area contributed by atoms with Crippen molar-refractivity contribution in [3.05, 3.63) is 58.2 Å². The Balaban J connectivity index is 1.94. The Morgan fingerprint density at radius 2 is 2.08 bits per heavy atom. The number of nitrogens with two attached hydrogens (primary N) is 1. The summed E-state index contributed by atoms with van der Waals surface area (Å²) in [4.78, 5) is 11.8. The Kier molecular flexibility index (Phi) is 4.83. The Labute approximate surface area is 145 Å². The maximum atomic E-state index is 13.6. The zero-order valence-corrected chi connectivity index (χ0v) is 14.1. The molecular formula is C19H20FN3O2. The summed E-state index contributed by atoms with van der Waals surface area (Å²) in [5.74, 6) is 5.26. The van der Waals surface area contributed by atoms with E-state index in [-0.39, 0.29) is 18.3 Å². The minimum absolute atomic E-state index is 0.0762. The van der Waals surface area contributed by atoms with Crippen molar-refractivity contribution in [2.24, 2.45) is 5.84 Å². The number of aryl methyl sites for hydroxylation is 1. The topological polar surface area (TPSA) is 67.6 Å². The molecule has 25 heavy (non-hydrogen) atoms. The second-order valence-corrected chi connectivity index (χ2v) is 5.96. The second-order valence-electron chi connectivity index (χ2n) is 5.96. The highest BCUT2D eigenvalue weighted by molar-refractivity contribution is 5.78. The van der Waals surface area contributed by atoms with Crippen LogP contribution in [0.3, 0.4) is 0 Å². The number of halogens is 1. The molecule has 6 heteroatoms. The van der Waals surface area contributed by atoms with Gasteiger partial charge in [-0.3, -0.25) is 9.80 Å². The maximum Gasteiger partial charge on any atom is 0.264 e. The summed E-state index contributed by atoms with van der Waals surface area (Å²) in [6, 6.07) is 10.6. The number of rotatable bonds is 4. The Morgan fingerprint density at radius 1 is 1.28 bits per heavy atom. The van der Waals surface area contributed by atoms with Gasteiger partial charge in [-0.25, -0.2) is 10.2 Å². The molecule has 0 aromatic heterocycles. The van der Waals surface area contributed by atoms with E-state index in [1.54, 1.807) is 12.3 Å². The fourth-order valence-electron chi connectivity index (χ4n) is 2.83. The first-order chi connectivity index (χ1) is 12.0. The van der Waals surface area contributed by atoms with E-state index in [9.17, 15) is 9.18 Å². The Morgan fingerprint density at radius 3 is 2.84 bits per heavy atom. The fourth-order valence-corrected chi connectivity index (χ4v) is 2.83. The number of hydrogen-bond acceptors (Lipinski definition) is 4. The molecule has 2 aromatic rings. The molecule has 3 rings (SSSR count). The van der Waals surface area contributed by atoms with Crippen molar-refractivity contribution in [3.63, 3.8) is 0 Å². The number of fused-ring (bicyclic) bond motifs is 1. The van der Waals surface area contributed by atoms with Crippen LogP contribution in [0.2, 0.25) is 0 Å². The van der Waals surface area contributed by atoms with Crippen molar-refractivity contribution in [2.45, 2.75) is 13.1 Å². The summed E-state index contributed by atoms with van der Waals surface area (Å²) >= 11 is 0. The first kappa shape index (κ1) is 17.1. The fraction of sp³-hybridized carbons (Fsp3) is 0.211. The van der Waals surface area contributed by atoms with Gasteiger partial charge in [0.2, 0.25) is 0 Å². The molecule has 5 nitrogen and oxygen atoms in total. The van der Waals surface area contributed by atoms with Crippen molar-refractivity contribution in [1.82, 2.24) is 10.3 Å². The number of benzene rings is 2. The average Bonchev–Trinajstić information content (AvgIpc) is 2.62. The molecule has 3 N–H and O–H groups in total. The van der Waals surface area contributed by atoms with Gasteiger partial charge in [0, 0.05) is 13.3 Å². The van der Waals surface area contributed by atoms with Crippen LogP contribution in [0.4, 0.5) is 4.39 Å². The first-order valence-corrected chi connectivity index (χ1v) is 7.90. The van der Waals surface area contributed by atoms with Crippen LogP contribution in [0.5, 0.6) is 0 Å². The van der Waals surface area contributed by atoms with Crippen molar-refractivity contribution in [1.29, 1.82) is 0 Å². The Hall–Kier alpha value is -2.70.